The second kappa shape index (κ2) is 8.27. The van der Waals surface area contributed by atoms with Crippen molar-refractivity contribution in [2.24, 2.45) is 0 Å². The maximum absolute atomic E-state index is 12.5. The topological polar surface area (TPSA) is 116 Å². The number of nitrogens with one attached hydrogen (secondary N) is 2. The maximum Gasteiger partial charge on any atom is 0.325 e. The van der Waals surface area contributed by atoms with E-state index in [1.54, 1.807) is 0 Å². The Bertz CT molecular complexity index is 862. The molecule has 2 fully saturated rings. The first-order chi connectivity index (χ1) is 13.3. The van der Waals surface area contributed by atoms with Crippen LogP contribution in [-0.4, -0.2) is 61.1 Å². The molecule has 1 aromatic carbocycles. The van der Waals surface area contributed by atoms with E-state index >= 15 is 0 Å². The lowest BCUT2D eigenvalue weighted by Crippen LogP contribution is -2.38. The minimum absolute atomic E-state index is 0.170. The number of imide groups is 1. The smallest absolute Gasteiger partial charge is 0.325 e. The second-order valence-electron chi connectivity index (χ2n) is 6.90. The SMILES string of the molecule is CCCC1NC(=O)N(CC(=O)Nc2ccc(S(=O)(=O)N3CCCC3)cc2)C1=O. The van der Waals surface area contributed by atoms with Crippen LogP contribution in [0.5, 0.6) is 0 Å². The third-order valence-electron chi connectivity index (χ3n) is 4.83. The molecule has 1 unspecified atom stereocenters. The fraction of sp³-hybridized carbons (Fsp3) is 0.500. The van der Waals surface area contributed by atoms with Gasteiger partial charge < -0.3 is 10.6 Å². The Morgan fingerprint density at radius 1 is 1.18 bits per heavy atom. The van der Waals surface area contributed by atoms with Gasteiger partial charge in [-0.05, 0) is 43.5 Å². The highest BCUT2D eigenvalue weighted by Gasteiger charge is 2.38. The number of sulfonamides is 1. The summed E-state index contributed by atoms with van der Waals surface area (Å²) in [4.78, 5) is 37.3. The number of rotatable bonds is 7. The Labute approximate surface area is 164 Å². The van der Waals surface area contributed by atoms with Crippen LogP contribution in [0.2, 0.25) is 0 Å². The van der Waals surface area contributed by atoms with Crippen LogP contribution in [-0.2, 0) is 19.6 Å². The summed E-state index contributed by atoms with van der Waals surface area (Å²) in [7, 11) is -3.51. The molecule has 0 aromatic heterocycles. The van der Waals surface area contributed by atoms with E-state index in [0.29, 0.717) is 25.2 Å². The van der Waals surface area contributed by atoms with E-state index in [9.17, 15) is 22.8 Å². The normalized spacial score (nSPS) is 20.5. The largest absolute Gasteiger partial charge is 0.326 e. The summed E-state index contributed by atoms with van der Waals surface area (Å²) < 4.78 is 26.5. The van der Waals surface area contributed by atoms with Gasteiger partial charge in [-0.15, -0.1) is 0 Å². The van der Waals surface area contributed by atoms with Crippen LogP contribution in [0.15, 0.2) is 29.2 Å². The molecular weight excluding hydrogens is 384 g/mol. The molecule has 1 atom stereocenters. The molecule has 3 rings (SSSR count). The third-order valence-corrected chi connectivity index (χ3v) is 6.74. The first-order valence-corrected chi connectivity index (χ1v) is 10.8. The number of anilines is 1. The van der Waals surface area contributed by atoms with Gasteiger partial charge in [0, 0.05) is 18.8 Å². The molecule has 0 aliphatic carbocycles. The number of hydrogen-bond acceptors (Lipinski definition) is 5. The van der Waals surface area contributed by atoms with E-state index in [1.165, 1.54) is 28.6 Å². The van der Waals surface area contributed by atoms with E-state index in [2.05, 4.69) is 10.6 Å². The van der Waals surface area contributed by atoms with E-state index in [4.69, 9.17) is 0 Å². The Morgan fingerprint density at radius 2 is 1.82 bits per heavy atom. The minimum Gasteiger partial charge on any atom is -0.326 e. The summed E-state index contributed by atoms with van der Waals surface area (Å²) in [5.74, 6) is -0.940. The van der Waals surface area contributed by atoms with E-state index < -0.39 is 40.5 Å². The highest BCUT2D eigenvalue weighted by molar-refractivity contribution is 7.89. The van der Waals surface area contributed by atoms with Crippen LogP contribution in [0.25, 0.3) is 0 Å². The predicted molar refractivity (Wildman–Crippen MR) is 102 cm³/mol. The van der Waals surface area contributed by atoms with Gasteiger partial charge in [0.15, 0.2) is 0 Å². The average Bonchev–Trinajstić information content (AvgIpc) is 3.28. The summed E-state index contributed by atoms with van der Waals surface area (Å²) in [6, 6.07) is 4.70. The van der Waals surface area contributed by atoms with E-state index in [1.807, 2.05) is 6.92 Å². The molecule has 0 saturated carbocycles. The Kier molecular flexibility index (Phi) is 5.99. The molecule has 9 nitrogen and oxygen atoms in total. The number of benzene rings is 1. The molecule has 0 spiro atoms. The lowest BCUT2D eigenvalue weighted by molar-refractivity contribution is -0.130. The molecule has 2 N–H and O–H groups in total. The Hall–Kier alpha value is -2.46. The van der Waals surface area contributed by atoms with Crippen molar-refractivity contribution in [1.29, 1.82) is 0 Å². The maximum atomic E-state index is 12.5. The van der Waals surface area contributed by atoms with Crippen molar-refractivity contribution >= 4 is 33.6 Å². The lowest BCUT2D eigenvalue weighted by atomic mass is 10.2. The first-order valence-electron chi connectivity index (χ1n) is 9.35. The van der Waals surface area contributed by atoms with Gasteiger partial charge in [-0.25, -0.2) is 13.2 Å². The number of nitrogens with zero attached hydrogens (tertiary/aromatic N) is 2. The van der Waals surface area contributed by atoms with E-state index in [-0.39, 0.29) is 4.90 Å². The molecule has 28 heavy (non-hydrogen) atoms. The fourth-order valence-electron chi connectivity index (χ4n) is 3.34. The molecule has 152 valence electrons. The van der Waals surface area contributed by atoms with Crippen molar-refractivity contribution in [2.75, 3.05) is 25.0 Å². The Morgan fingerprint density at radius 3 is 2.43 bits per heavy atom. The van der Waals surface area contributed by atoms with Crippen LogP contribution < -0.4 is 10.6 Å². The first kappa shape index (κ1) is 20.3. The molecule has 2 aliphatic rings. The lowest BCUT2D eigenvalue weighted by Gasteiger charge is -2.16. The second-order valence-corrected chi connectivity index (χ2v) is 8.84. The van der Waals surface area contributed by atoms with Gasteiger partial charge >= 0.3 is 6.03 Å². The van der Waals surface area contributed by atoms with Crippen molar-refractivity contribution in [3.63, 3.8) is 0 Å². The zero-order chi connectivity index (χ0) is 20.3. The molecule has 2 heterocycles. The summed E-state index contributed by atoms with van der Waals surface area (Å²) in [5, 5.41) is 5.14. The number of amides is 4. The van der Waals surface area contributed by atoms with Crippen LogP contribution in [0.3, 0.4) is 0 Å². The van der Waals surface area contributed by atoms with Gasteiger partial charge in [-0.2, -0.15) is 4.31 Å². The fourth-order valence-corrected chi connectivity index (χ4v) is 4.86. The van der Waals surface area contributed by atoms with Crippen molar-refractivity contribution in [3.8, 4) is 0 Å². The molecule has 4 amide bonds. The van der Waals surface area contributed by atoms with Crippen molar-refractivity contribution < 1.29 is 22.8 Å². The van der Waals surface area contributed by atoms with Crippen LogP contribution >= 0.6 is 0 Å². The van der Waals surface area contributed by atoms with Gasteiger partial charge in [-0.1, -0.05) is 13.3 Å². The summed E-state index contributed by atoms with van der Waals surface area (Å²) in [6.45, 7) is 2.55. The minimum atomic E-state index is -3.51. The van der Waals surface area contributed by atoms with E-state index in [0.717, 1.165) is 24.2 Å². The average molecular weight is 408 g/mol. The summed E-state index contributed by atoms with van der Waals surface area (Å²) in [5.41, 5.74) is 0.391. The number of urea groups is 1. The van der Waals surface area contributed by atoms with Crippen LogP contribution in [0, 0.1) is 0 Å². The molecule has 0 bridgehead atoms. The van der Waals surface area contributed by atoms with Gasteiger partial charge in [0.2, 0.25) is 15.9 Å². The van der Waals surface area contributed by atoms with Crippen molar-refractivity contribution in [3.05, 3.63) is 24.3 Å². The predicted octanol–water partition coefficient (Wildman–Crippen LogP) is 1.13. The molecule has 2 aliphatic heterocycles. The van der Waals surface area contributed by atoms with Gasteiger partial charge in [-0.3, -0.25) is 14.5 Å². The molecule has 0 radical (unpaired) electrons. The van der Waals surface area contributed by atoms with Crippen LogP contribution in [0.4, 0.5) is 10.5 Å². The molecule has 10 heteroatoms. The highest BCUT2D eigenvalue weighted by atomic mass is 32.2. The molecule has 2 saturated heterocycles. The quantitative estimate of drug-likeness (QED) is 0.656. The monoisotopic (exact) mass is 408 g/mol. The summed E-state index contributed by atoms with van der Waals surface area (Å²) >= 11 is 0. The zero-order valence-corrected chi connectivity index (χ0v) is 16.5. The standard InChI is InChI=1S/C18H24N4O5S/c1-2-5-15-17(24)22(18(25)20-15)12-16(23)19-13-6-8-14(9-7-13)28(26,27)21-10-3-4-11-21/h6-9,15H,2-5,10-12H2,1H3,(H,19,23)(H,20,25). The molecular formula is C18H24N4O5S. The van der Waals surface area contributed by atoms with Crippen molar-refractivity contribution in [1.82, 2.24) is 14.5 Å². The van der Waals surface area contributed by atoms with Crippen LogP contribution in [0.1, 0.15) is 32.6 Å². The van der Waals surface area contributed by atoms with Gasteiger partial charge in [0.1, 0.15) is 12.6 Å². The molecule has 1 aromatic rings. The summed E-state index contributed by atoms with van der Waals surface area (Å²) in [6.07, 6.45) is 2.98. The van der Waals surface area contributed by atoms with Crippen molar-refractivity contribution in [2.45, 2.75) is 43.5 Å². The number of carbonyl (C=O) groups is 3. The zero-order valence-electron chi connectivity index (χ0n) is 15.7. The van der Waals surface area contributed by atoms with Gasteiger partial charge in [0.25, 0.3) is 5.91 Å². The number of carbonyl (C=O) groups excluding carboxylic acids is 3. The van der Waals surface area contributed by atoms with Gasteiger partial charge in [0.05, 0.1) is 4.90 Å². The Balaban J connectivity index is 1.60. The third kappa shape index (κ3) is 4.17. The number of hydrogen-bond donors (Lipinski definition) is 2. The highest BCUT2D eigenvalue weighted by Crippen LogP contribution is 2.22.